The quantitative estimate of drug-likeness (QED) is 0.521. The molecule has 1 atom stereocenters. The van der Waals surface area contributed by atoms with Gasteiger partial charge in [-0.3, -0.25) is 4.79 Å². The smallest absolute Gasteiger partial charge is 0.431 e. The average Bonchev–Trinajstić information content (AvgIpc) is 2.44. The summed E-state index contributed by atoms with van der Waals surface area (Å²) in [5, 5.41) is 0. The van der Waals surface area contributed by atoms with Gasteiger partial charge in [0.1, 0.15) is 0 Å². The van der Waals surface area contributed by atoms with Crippen molar-refractivity contribution in [3.63, 3.8) is 0 Å². The SMILES string of the molecule is CC(C)Cc1ccc([C@H](C)C(=O)OC(C)(C)OC(=O)OC(C)C)cc1. The molecule has 0 aromatic heterocycles. The maximum Gasteiger partial charge on any atom is 0.511 e. The van der Waals surface area contributed by atoms with E-state index in [0.29, 0.717) is 5.92 Å². The normalized spacial score (nSPS) is 12.8. The summed E-state index contributed by atoms with van der Waals surface area (Å²) >= 11 is 0. The molecule has 0 saturated carbocycles. The van der Waals surface area contributed by atoms with Crippen LogP contribution in [0.4, 0.5) is 4.79 Å². The van der Waals surface area contributed by atoms with Crippen molar-refractivity contribution in [1.29, 1.82) is 0 Å². The zero-order valence-corrected chi connectivity index (χ0v) is 16.3. The van der Waals surface area contributed by atoms with Gasteiger partial charge in [0, 0.05) is 13.8 Å². The molecular weight excluding hydrogens is 320 g/mol. The maximum atomic E-state index is 12.4. The van der Waals surface area contributed by atoms with Gasteiger partial charge in [-0.15, -0.1) is 0 Å². The molecule has 1 rings (SSSR count). The number of benzene rings is 1. The summed E-state index contributed by atoms with van der Waals surface area (Å²) in [7, 11) is 0. The Labute approximate surface area is 150 Å². The van der Waals surface area contributed by atoms with Gasteiger partial charge in [0.25, 0.3) is 5.79 Å². The number of hydrogen-bond donors (Lipinski definition) is 0. The van der Waals surface area contributed by atoms with E-state index in [1.165, 1.54) is 19.4 Å². The number of rotatable bonds is 7. The molecule has 0 bridgehead atoms. The minimum absolute atomic E-state index is 0.303. The molecule has 0 fully saturated rings. The van der Waals surface area contributed by atoms with Gasteiger partial charge in [0.05, 0.1) is 12.0 Å². The largest absolute Gasteiger partial charge is 0.511 e. The van der Waals surface area contributed by atoms with Crippen LogP contribution in [0.5, 0.6) is 0 Å². The second-order valence-electron chi connectivity index (χ2n) is 7.40. The summed E-state index contributed by atoms with van der Waals surface area (Å²) < 4.78 is 15.3. The van der Waals surface area contributed by atoms with Gasteiger partial charge < -0.3 is 14.2 Å². The third-order valence-electron chi connectivity index (χ3n) is 3.48. The van der Waals surface area contributed by atoms with Crippen molar-refractivity contribution < 1.29 is 23.8 Å². The fourth-order valence-corrected chi connectivity index (χ4v) is 2.32. The highest BCUT2D eigenvalue weighted by Gasteiger charge is 2.31. The average molecular weight is 350 g/mol. The van der Waals surface area contributed by atoms with Gasteiger partial charge in [0.2, 0.25) is 0 Å². The zero-order chi connectivity index (χ0) is 19.2. The molecule has 0 N–H and O–H groups in total. The van der Waals surface area contributed by atoms with Crippen LogP contribution in [-0.4, -0.2) is 24.0 Å². The van der Waals surface area contributed by atoms with E-state index in [-0.39, 0.29) is 6.10 Å². The lowest BCUT2D eigenvalue weighted by Crippen LogP contribution is -2.36. The topological polar surface area (TPSA) is 61.8 Å². The summed E-state index contributed by atoms with van der Waals surface area (Å²) in [6, 6.07) is 7.93. The molecule has 0 spiro atoms. The van der Waals surface area contributed by atoms with E-state index in [9.17, 15) is 9.59 Å². The van der Waals surface area contributed by atoms with Crippen LogP contribution >= 0.6 is 0 Å². The van der Waals surface area contributed by atoms with E-state index in [0.717, 1.165) is 12.0 Å². The Kier molecular flexibility index (Phi) is 7.46. The predicted octanol–water partition coefficient (Wildman–Crippen LogP) is 4.83. The highest BCUT2D eigenvalue weighted by molar-refractivity contribution is 5.78. The second-order valence-corrected chi connectivity index (χ2v) is 7.40. The van der Waals surface area contributed by atoms with Crippen LogP contribution in [0.3, 0.4) is 0 Å². The third kappa shape index (κ3) is 7.59. The van der Waals surface area contributed by atoms with Crippen molar-refractivity contribution in [2.24, 2.45) is 5.92 Å². The van der Waals surface area contributed by atoms with E-state index >= 15 is 0 Å². The highest BCUT2D eigenvalue weighted by Crippen LogP contribution is 2.23. The first-order valence-electron chi connectivity index (χ1n) is 8.71. The third-order valence-corrected chi connectivity index (χ3v) is 3.48. The number of carbonyl (C=O) groups is 2. The lowest BCUT2D eigenvalue weighted by Gasteiger charge is -2.26. The number of esters is 1. The lowest BCUT2D eigenvalue weighted by molar-refractivity contribution is -0.203. The summed E-state index contributed by atoms with van der Waals surface area (Å²) in [5.74, 6) is -1.73. The molecule has 5 nitrogen and oxygen atoms in total. The Morgan fingerprint density at radius 1 is 0.960 bits per heavy atom. The molecule has 140 valence electrons. The second kappa shape index (κ2) is 8.88. The molecule has 0 heterocycles. The highest BCUT2D eigenvalue weighted by atomic mass is 16.8. The molecule has 1 aromatic rings. The molecule has 0 aliphatic rings. The Morgan fingerprint density at radius 3 is 2.00 bits per heavy atom. The molecule has 5 heteroatoms. The van der Waals surface area contributed by atoms with Crippen molar-refractivity contribution in [2.45, 2.75) is 72.7 Å². The Hall–Kier alpha value is -2.04. The van der Waals surface area contributed by atoms with E-state index in [4.69, 9.17) is 14.2 Å². The van der Waals surface area contributed by atoms with Crippen LogP contribution in [0.15, 0.2) is 24.3 Å². The van der Waals surface area contributed by atoms with Crippen molar-refractivity contribution in [2.75, 3.05) is 0 Å². The standard InChI is InChI=1S/C20H30O5/c1-13(2)12-16-8-10-17(11-9-16)15(5)18(21)24-20(6,7)25-19(22)23-14(3)4/h8-11,13-15H,12H2,1-7H3/t15-/m0/s1. The first kappa shape index (κ1) is 21.0. The molecule has 0 saturated heterocycles. The molecule has 0 amide bonds. The van der Waals surface area contributed by atoms with Crippen LogP contribution in [-0.2, 0) is 25.4 Å². The summed E-state index contributed by atoms with van der Waals surface area (Å²) in [4.78, 5) is 24.0. The maximum absolute atomic E-state index is 12.4. The fraction of sp³-hybridized carbons (Fsp3) is 0.600. The predicted molar refractivity (Wildman–Crippen MR) is 96.3 cm³/mol. The van der Waals surface area contributed by atoms with Crippen molar-refractivity contribution in [3.8, 4) is 0 Å². The summed E-state index contributed by atoms with van der Waals surface area (Å²) in [5.41, 5.74) is 2.09. The Bertz CT molecular complexity index is 572. The van der Waals surface area contributed by atoms with Crippen molar-refractivity contribution >= 4 is 12.1 Å². The van der Waals surface area contributed by atoms with Crippen LogP contribution in [0.1, 0.15) is 65.5 Å². The molecule has 0 aliphatic heterocycles. The lowest BCUT2D eigenvalue weighted by atomic mass is 9.97. The van der Waals surface area contributed by atoms with E-state index in [1.807, 2.05) is 24.3 Å². The first-order valence-corrected chi connectivity index (χ1v) is 8.71. The van der Waals surface area contributed by atoms with Gasteiger partial charge in [-0.05, 0) is 44.2 Å². The summed E-state index contributed by atoms with van der Waals surface area (Å²) in [6.45, 7) is 12.5. The molecule has 1 aromatic carbocycles. The van der Waals surface area contributed by atoms with Crippen molar-refractivity contribution in [3.05, 3.63) is 35.4 Å². The molecule has 25 heavy (non-hydrogen) atoms. The molecular formula is C20H30O5. The van der Waals surface area contributed by atoms with Crippen LogP contribution in [0.25, 0.3) is 0 Å². The van der Waals surface area contributed by atoms with E-state index < -0.39 is 23.8 Å². The number of hydrogen-bond acceptors (Lipinski definition) is 5. The summed E-state index contributed by atoms with van der Waals surface area (Å²) in [6.07, 6.45) is -0.168. The monoisotopic (exact) mass is 350 g/mol. The number of ether oxygens (including phenoxy) is 3. The Balaban J connectivity index is 2.67. The molecule has 0 radical (unpaired) electrons. The molecule has 0 unspecified atom stereocenters. The van der Waals surface area contributed by atoms with Crippen LogP contribution in [0.2, 0.25) is 0 Å². The van der Waals surface area contributed by atoms with E-state index in [2.05, 4.69) is 13.8 Å². The molecule has 0 aliphatic carbocycles. The first-order chi connectivity index (χ1) is 11.5. The van der Waals surface area contributed by atoms with Crippen LogP contribution in [0, 0.1) is 5.92 Å². The zero-order valence-electron chi connectivity index (χ0n) is 16.3. The van der Waals surface area contributed by atoms with Gasteiger partial charge in [-0.25, -0.2) is 4.79 Å². The minimum Gasteiger partial charge on any atom is -0.431 e. The van der Waals surface area contributed by atoms with Gasteiger partial charge in [-0.2, -0.15) is 0 Å². The van der Waals surface area contributed by atoms with Gasteiger partial charge in [0.15, 0.2) is 0 Å². The van der Waals surface area contributed by atoms with E-state index in [1.54, 1.807) is 20.8 Å². The minimum atomic E-state index is -1.39. The van der Waals surface area contributed by atoms with Gasteiger partial charge >= 0.3 is 12.1 Å². The van der Waals surface area contributed by atoms with Crippen molar-refractivity contribution in [1.82, 2.24) is 0 Å². The van der Waals surface area contributed by atoms with Crippen LogP contribution < -0.4 is 0 Å². The van der Waals surface area contributed by atoms with Gasteiger partial charge in [-0.1, -0.05) is 38.1 Å². The fourth-order valence-electron chi connectivity index (χ4n) is 2.32. The number of carbonyl (C=O) groups excluding carboxylic acids is 2. The Morgan fingerprint density at radius 2 is 1.52 bits per heavy atom.